The molecule has 4 heterocycles. The molecule has 1 atom stereocenters. The van der Waals surface area contributed by atoms with E-state index in [1.807, 2.05) is 54.4 Å². The Bertz CT molecular complexity index is 890. The second kappa shape index (κ2) is 7.00. The summed E-state index contributed by atoms with van der Waals surface area (Å²) in [4.78, 5) is 23.2. The summed E-state index contributed by atoms with van der Waals surface area (Å²) in [6, 6.07) is 11.4. The third-order valence-corrected chi connectivity index (χ3v) is 4.48. The molecule has 0 spiro atoms. The summed E-state index contributed by atoms with van der Waals surface area (Å²) in [7, 11) is 0. The first kappa shape index (κ1) is 16.3. The monoisotopic (exact) mass is 348 g/mol. The van der Waals surface area contributed by atoms with E-state index in [1.165, 1.54) is 0 Å². The number of amides is 1. The highest BCUT2D eigenvalue weighted by Gasteiger charge is 2.27. The lowest BCUT2D eigenvalue weighted by atomic mass is 10.2. The standard InChI is InChI=1S/C20H20N4O2/c1-15-6-7-16(10-22-15)20(25)24-12-17-4-3-9-23(17)13-19(14-24)26-18-5-2-8-21-11-18/h2-11,19H,12-14H2,1H3/t19-/m1/s1. The first-order valence-electron chi connectivity index (χ1n) is 8.62. The molecule has 0 aromatic carbocycles. The topological polar surface area (TPSA) is 60.2 Å². The van der Waals surface area contributed by atoms with Crippen molar-refractivity contribution in [1.82, 2.24) is 19.4 Å². The number of fused-ring (bicyclic) bond motifs is 1. The van der Waals surface area contributed by atoms with Crippen molar-refractivity contribution in [3.63, 3.8) is 0 Å². The summed E-state index contributed by atoms with van der Waals surface area (Å²) < 4.78 is 8.24. The third kappa shape index (κ3) is 3.44. The third-order valence-electron chi connectivity index (χ3n) is 4.48. The number of pyridine rings is 2. The molecule has 3 aromatic heterocycles. The average molecular weight is 348 g/mol. The summed E-state index contributed by atoms with van der Waals surface area (Å²) >= 11 is 0. The average Bonchev–Trinajstić information content (AvgIpc) is 3.01. The van der Waals surface area contributed by atoms with Gasteiger partial charge in [0.15, 0.2) is 0 Å². The van der Waals surface area contributed by atoms with Gasteiger partial charge in [0.2, 0.25) is 0 Å². The predicted molar refractivity (Wildman–Crippen MR) is 96.8 cm³/mol. The summed E-state index contributed by atoms with van der Waals surface area (Å²) in [5.41, 5.74) is 2.58. The molecule has 0 unspecified atom stereocenters. The van der Waals surface area contributed by atoms with Crippen LogP contribution in [0.15, 0.2) is 61.2 Å². The fourth-order valence-corrected chi connectivity index (χ4v) is 3.17. The lowest BCUT2D eigenvalue weighted by Gasteiger charge is -2.25. The fourth-order valence-electron chi connectivity index (χ4n) is 3.17. The van der Waals surface area contributed by atoms with Gasteiger partial charge < -0.3 is 14.2 Å². The normalized spacial score (nSPS) is 16.7. The SMILES string of the molecule is Cc1ccc(C(=O)N2Cc3cccn3C[C@@H](Oc3cccnc3)C2)cn1. The molecular formula is C20H20N4O2. The Labute approximate surface area is 152 Å². The molecule has 0 radical (unpaired) electrons. The van der Waals surface area contributed by atoms with E-state index in [-0.39, 0.29) is 12.0 Å². The number of aromatic nitrogens is 3. The number of nitrogens with zero attached hydrogens (tertiary/aromatic N) is 4. The highest BCUT2D eigenvalue weighted by molar-refractivity contribution is 5.93. The second-order valence-electron chi connectivity index (χ2n) is 6.45. The number of hydrogen-bond donors (Lipinski definition) is 0. The van der Waals surface area contributed by atoms with Gasteiger partial charge in [0, 0.05) is 30.0 Å². The van der Waals surface area contributed by atoms with Crippen LogP contribution in [0, 0.1) is 6.92 Å². The summed E-state index contributed by atoms with van der Waals surface area (Å²) in [6.45, 7) is 3.65. The van der Waals surface area contributed by atoms with E-state index in [0.29, 0.717) is 30.9 Å². The quantitative estimate of drug-likeness (QED) is 0.730. The molecule has 0 N–H and O–H groups in total. The number of aryl methyl sites for hydroxylation is 1. The van der Waals surface area contributed by atoms with Gasteiger partial charge in [0.1, 0.15) is 11.9 Å². The molecule has 0 fully saturated rings. The second-order valence-corrected chi connectivity index (χ2v) is 6.45. The highest BCUT2D eigenvalue weighted by Crippen LogP contribution is 2.19. The van der Waals surface area contributed by atoms with Gasteiger partial charge in [-0.15, -0.1) is 0 Å². The first-order valence-corrected chi connectivity index (χ1v) is 8.62. The number of hydrogen-bond acceptors (Lipinski definition) is 4. The van der Waals surface area contributed by atoms with Crippen LogP contribution in [-0.4, -0.2) is 38.0 Å². The molecule has 0 bridgehead atoms. The molecule has 1 aliphatic heterocycles. The van der Waals surface area contributed by atoms with Crippen LogP contribution in [0.2, 0.25) is 0 Å². The van der Waals surface area contributed by atoms with E-state index in [0.717, 1.165) is 11.4 Å². The first-order chi connectivity index (χ1) is 12.7. The molecule has 6 heteroatoms. The van der Waals surface area contributed by atoms with E-state index in [4.69, 9.17) is 4.74 Å². The van der Waals surface area contributed by atoms with Gasteiger partial charge in [0.25, 0.3) is 5.91 Å². The van der Waals surface area contributed by atoms with Gasteiger partial charge >= 0.3 is 0 Å². The largest absolute Gasteiger partial charge is 0.485 e. The Morgan fingerprint density at radius 1 is 1.15 bits per heavy atom. The van der Waals surface area contributed by atoms with Crippen molar-refractivity contribution in [3.05, 3.63) is 78.1 Å². The molecular weight excluding hydrogens is 328 g/mol. The smallest absolute Gasteiger partial charge is 0.255 e. The fraction of sp³-hybridized carbons (Fsp3) is 0.250. The van der Waals surface area contributed by atoms with E-state index >= 15 is 0 Å². The Hall–Kier alpha value is -3.15. The van der Waals surface area contributed by atoms with Crippen LogP contribution < -0.4 is 4.74 Å². The van der Waals surface area contributed by atoms with Gasteiger partial charge in [-0.05, 0) is 43.3 Å². The number of carbonyl (C=O) groups excluding carboxylic acids is 1. The van der Waals surface area contributed by atoms with Crippen molar-refractivity contribution in [3.8, 4) is 5.75 Å². The molecule has 0 aliphatic carbocycles. The van der Waals surface area contributed by atoms with E-state index in [2.05, 4.69) is 14.5 Å². The van der Waals surface area contributed by atoms with Crippen molar-refractivity contribution in [2.24, 2.45) is 0 Å². The summed E-state index contributed by atoms with van der Waals surface area (Å²) in [6.07, 6.45) is 6.91. The predicted octanol–water partition coefficient (Wildman–Crippen LogP) is 2.69. The Kier molecular flexibility index (Phi) is 4.39. The zero-order chi connectivity index (χ0) is 17.9. The molecule has 4 rings (SSSR count). The van der Waals surface area contributed by atoms with Crippen LogP contribution in [0.5, 0.6) is 5.75 Å². The minimum absolute atomic E-state index is 0.0352. The molecule has 26 heavy (non-hydrogen) atoms. The maximum atomic E-state index is 13.0. The Morgan fingerprint density at radius 3 is 2.85 bits per heavy atom. The van der Waals surface area contributed by atoms with Crippen LogP contribution in [-0.2, 0) is 13.1 Å². The van der Waals surface area contributed by atoms with Crippen molar-refractivity contribution < 1.29 is 9.53 Å². The van der Waals surface area contributed by atoms with Crippen molar-refractivity contribution in [2.75, 3.05) is 6.54 Å². The van der Waals surface area contributed by atoms with Crippen LogP contribution in [0.4, 0.5) is 0 Å². The van der Waals surface area contributed by atoms with Gasteiger partial charge in [0.05, 0.1) is 31.4 Å². The van der Waals surface area contributed by atoms with E-state index in [1.54, 1.807) is 18.6 Å². The molecule has 6 nitrogen and oxygen atoms in total. The van der Waals surface area contributed by atoms with E-state index in [9.17, 15) is 4.79 Å². The van der Waals surface area contributed by atoms with Gasteiger partial charge in [-0.3, -0.25) is 14.8 Å². The highest BCUT2D eigenvalue weighted by atomic mass is 16.5. The zero-order valence-corrected chi connectivity index (χ0v) is 14.6. The van der Waals surface area contributed by atoms with Crippen molar-refractivity contribution >= 4 is 5.91 Å². The van der Waals surface area contributed by atoms with Gasteiger partial charge in [-0.2, -0.15) is 0 Å². The number of rotatable bonds is 3. The van der Waals surface area contributed by atoms with Crippen molar-refractivity contribution in [2.45, 2.75) is 26.1 Å². The molecule has 1 aliphatic rings. The zero-order valence-electron chi connectivity index (χ0n) is 14.6. The molecule has 1 amide bonds. The lowest BCUT2D eigenvalue weighted by molar-refractivity contribution is 0.0651. The van der Waals surface area contributed by atoms with Crippen LogP contribution in [0.25, 0.3) is 0 Å². The lowest BCUT2D eigenvalue weighted by Crippen LogP contribution is -2.38. The van der Waals surface area contributed by atoms with Crippen LogP contribution in [0.1, 0.15) is 21.7 Å². The molecule has 3 aromatic rings. The summed E-state index contributed by atoms with van der Waals surface area (Å²) in [5, 5.41) is 0. The molecule has 0 saturated heterocycles. The molecule has 132 valence electrons. The number of carbonyl (C=O) groups is 1. The number of ether oxygens (including phenoxy) is 1. The maximum absolute atomic E-state index is 13.0. The Balaban J connectivity index is 1.59. The van der Waals surface area contributed by atoms with Gasteiger partial charge in [-0.25, -0.2) is 0 Å². The van der Waals surface area contributed by atoms with Crippen molar-refractivity contribution in [1.29, 1.82) is 0 Å². The minimum Gasteiger partial charge on any atom is -0.485 e. The van der Waals surface area contributed by atoms with E-state index < -0.39 is 0 Å². The minimum atomic E-state index is -0.157. The Morgan fingerprint density at radius 2 is 2.08 bits per heavy atom. The van der Waals surface area contributed by atoms with Crippen LogP contribution >= 0.6 is 0 Å². The maximum Gasteiger partial charge on any atom is 0.255 e. The van der Waals surface area contributed by atoms with Crippen LogP contribution in [0.3, 0.4) is 0 Å². The van der Waals surface area contributed by atoms with Gasteiger partial charge in [-0.1, -0.05) is 0 Å². The molecule has 0 saturated carbocycles. The summed E-state index contributed by atoms with van der Waals surface area (Å²) in [5.74, 6) is 0.671.